The summed E-state index contributed by atoms with van der Waals surface area (Å²) in [6, 6.07) is 16.7. The van der Waals surface area contributed by atoms with Crippen molar-refractivity contribution in [3.05, 3.63) is 71.5 Å². The van der Waals surface area contributed by atoms with Crippen molar-refractivity contribution in [1.82, 2.24) is 14.4 Å². The fraction of sp³-hybridized carbons (Fsp3) is 0.333. The van der Waals surface area contributed by atoms with Gasteiger partial charge in [0.2, 0.25) is 15.9 Å². The van der Waals surface area contributed by atoms with Gasteiger partial charge in [-0.15, -0.1) is 0 Å². The molecule has 8 heteroatoms. The Kier molecular flexibility index (Phi) is 7.48. The van der Waals surface area contributed by atoms with E-state index in [-0.39, 0.29) is 17.3 Å². The largest absolute Gasteiger partial charge is 0.361 e. The van der Waals surface area contributed by atoms with Crippen molar-refractivity contribution in [2.75, 3.05) is 27.2 Å². The Morgan fingerprint density at radius 1 is 1.00 bits per heavy atom. The monoisotopic (exact) mass is 455 g/mol. The molecule has 0 atom stereocenters. The molecule has 0 aliphatic heterocycles. The highest BCUT2D eigenvalue weighted by molar-refractivity contribution is 7.89. The van der Waals surface area contributed by atoms with Gasteiger partial charge < -0.3 is 9.42 Å². The van der Waals surface area contributed by atoms with Gasteiger partial charge in [0.05, 0.1) is 11.4 Å². The van der Waals surface area contributed by atoms with Gasteiger partial charge in [-0.2, -0.15) is 4.31 Å². The highest BCUT2D eigenvalue weighted by Crippen LogP contribution is 2.20. The summed E-state index contributed by atoms with van der Waals surface area (Å²) >= 11 is 0. The molecule has 2 aromatic carbocycles. The van der Waals surface area contributed by atoms with Crippen LogP contribution in [0.25, 0.3) is 11.3 Å². The molecule has 3 rings (SSSR count). The molecule has 0 aliphatic rings. The SMILES string of the molecule is Cc1ccc(S(=O)(=O)N(C)CC(=O)N(C)CCCc2cc(-c3ccccc3)no2)cc1C. The van der Waals surface area contributed by atoms with Gasteiger partial charge in [0.15, 0.2) is 0 Å². The summed E-state index contributed by atoms with van der Waals surface area (Å²) in [4.78, 5) is 14.3. The van der Waals surface area contributed by atoms with Crippen molar-refractivity contribution in [2.45, 2.75) is 31.6 Å². The quantitative estimate of drug-likeness (QED) is 0.492. The van der Waals surface area contributed by atoms with Crippen molar-refractivity contribution in [3.63, 3.8) is 0 Å². The van der Waals surface area contributed by atoms with E-state index in [0.29, 0.717) is 19.4 Å². The predicted molar refractivity (Wildman–Crippen MR) is 124 cm³/mol. The Hall–Kier alpha value is -2.97. The minimum atomic E-state index is -3.73. The summed E-state index contributed by atoms with van der Waals surface area (Å²) in [6.45, 7) is 4.06. The number of likely N-dealkylation sites (N-methyl/N-ethyl adjacent to an activating group) is 2. The highest BCUT2D eigenvalue weighted by Gasteiger charge is 2.24. The second-order valence-electron chi connectivity index (χ2n) is 7.97. The maximum atomic E-state index is 12.8. The number of benzene rings is 2. The third-order valence-corrected chi connectivity index (χ3v) is 7.31. The Balaban J connectivity index is 1.51. The minimum Gasteiger partial charge on any atom is -0.361 e. The Morgan fingerprint density at radius 2 is 1.72 bits per heavy atom. The molecule has 0 radical (unpaired) electrons. The van der Waals surface area contributed by atoms with Gasteiger partial charge in [-0.1, -0.05) is 41.6 Å². The van der Waals surface area contributed by atoms with Gasteiger partial charge in [0, 0.05) is 38.7 Å². The molecule has 170 valence electrons. The van der Waals surface area contributed by atoms with Crippen LogP contribution >= 0.6 is 0 Å². The number of aromatic nitrogens is 1. The third kappa shape index (κ3) is 5.63. The lowest BCUT2D eigenvalue weighted by atomic mass is 10.1. The molecule has 0 fully saturated rings. The number of hydrogen-bond acceptors (Lipinski definition) is 5. The van der Waals surface area contributed by atoms with E-state index in [9.17, 15) is 13.2 Å². The first kappa shape index (κ1) is 23.7. The van der Waals surface area contributed by atoms with Crippen LogP contribution in [0.3, 0.4) is 0 Å². The summed E-state index contributed by atoms with van der Waals surface area (Å²) < 4.78 is 32.1. The second-order valence-corrected chi connectivity index (χ2v) is 10.0. The van der Waals surface area contributed by atoms with E-state index in [0.717, 1.165) is 32.4 Å². The first-order valence-electron chi connectivity index (χ1n) is 10.5. The maximum Gasteiger partial charge on any atom is 0.243 e. The molecule has 0 unspecified atom stereocenters. The van der Waals surface area contributed by atoms with E-state index in [1.165, 1.54) is 7.05 Å². The summed E-state index contributed by atoms with van der Waals surface area (Å²) in [5.74, 6) is 0.488. The zero-order chi connectivity index (χ0) is 23.3. The molecule has 1 amide bonds. The van der Waals surface area contributed by atoms with Gasteiger partial charge in [-0.25, -0.2) is 8.42 Å². The van der Waals surface area contributed by atoms with Gasteiger partial charge in [-0.05, 0) is 43.5 Å². The van der Waals surface area contributed by atoms with Crippen LogP contribution in [-0.2, 0) is 21.2 Å². The normalized spacial score (nSPS) is 11.7. The van der Waals surface area contributed by atoms with Crippen molar-refractivity contribution in [1.29, 1.82) is 0 Å². The molecule has 3 aromatic rings. The van der Waals surface area contributed by atoms with Crippen molar-refractivity contribution in [3.8, 4) is 11.3 Å². The number of hydrogen-bond donors (Lipinski definition) is 0. The van der Waals surface area contributed by atoms with E-state index in [1.807, 2.05) is 50.2 Å². The second kappa shape index (κ2) is 10.1. The van der Waals surface area contributed by atoms with E-state index < -0.39 is 10.0 Å². The molecule has 1 heterocycles. The smallest absolute Gasteiger partial charge is 0.243 e. The molecule has 0 saturated heterocycles. The summed E-state index contributed by atoms with van der Waals surface area (Å²) in [5.41, 5.74) is 3.68. The Morgan fingerprint density at radius 3 is 2.41 bits per heavy atom. The zero-order valence-electron chi connectivity index (χ0n) is 18.9. The molecule has 0 aliphatic carbocycles. The van der Waals surface area contributed by atoms with E-state index in [1.54, 1.807) is 30.1 Å². The van der Waals surface area contributed by atoms with Crippen molar-refractivity contribution >= 4 is 15.9 Å². The maximum absolute atomic E-state index is 12.8. The van der Waals surface area contributed by atoms with Gasteiger partial charge in [-0.3, -0.25) is 4.79 Å². The van der Waals surface area contributed by atoms with E-state index in [2.05, 4.69) is 5.16 Å². The number of amides is 1. The number of aryl methyl sites for hydroxylation is 3. The molecule has 1 aromatic heterocycles. The lowest BCUT2D eigenvalue weighted by Gasteiger charge is -2.22. The van der Waals surface area contributed by atoms with Gasteiger partial charge >= 0.3 is 0 Å². The lowest BCUT2D eigenvalue weighted by Crippen LogP contribution is -2.39. The molecular formula is C24H29N3O4S. The number of nitrogens with zero attached hydrogens (tertiary/aromatic N) is 3. The fourth-order valence-electron chi connectivity index (χ4n) is 3.24. The van der Waals surface area contributed by atoms with Crippen molar-refractivity contribution < 1.29 is 17.7 Å². The van der Waals surface area contributed by atoms with Crippen LogP contribution in [0, 0.1) is 13.8 Å². The van der Waals surface area contributed by atoms with Crippen molar-refractivity contribution in [2.24, 2.45) is 0 Å². The minimum absolute atomic E-state index is 0.193. The number of carbonyl (C=O) groups is 1. The zero-order valence-corrected chi connectivity index (χ0v) is 19.7. The van der Waals surface area contributed by atoms with E-state index in [4.69, 9.17) is 4.52 Å². The third-order valence-electron chi connectivity index (χ3n) is 5.52. The summed E-state index contributed by atoms with van der Waals surface area (Å²) in [6.07, 6.45) is 1.31. The molecular weight excluding hydrogens is 426 g/mol. The van der Waals surface area contributed by atoms with Crippen LogP contribution in [0.1, 0.15) is 23.3 Å². The average Bonchev–Trinajstić information content (AvgIpc) is 3.25. The molecule has 0 bridgehead atoms. The Labute approximate surface area is 189 Å². The lowest BCUT2D eigenvalue weighted by molar-refractivity contribution is -0.129. The average molecular weight is 456 g/mol. The molecule has 0 saturated carbocycles. The topological polar surface area (TPSA) is 83.7 Å². The van der Waals surface area contributed by atoms with Gasteiger partial charge in [0.1, 0.15) is 11.5 Å². The van der Waals surface area contributed by atoms with Crippen LogP contribution < -0.4 is 0 Å². The highest BCUT2D eigenvalue weighted by atomic mass is 32.2. The summed E-state index contributed by atoms with van der Waals surface area (Å²) in [7, 11) is -0.630. The van der Waals surface area contributed by atoms with Crippen LogP contribution in [0.5, 0.6) is 0 Å². The van der Waals surface area contributed by atoms with Crippen LogP contribution in [-0.4, -0.2) is 55.9 Å². The molecule has 0 spiro atoms. The first-order chi connectivity index (χ1) is 15.2. The van der Waals surface area contributed by atoms with Crippen LogP contribution in [0.4, 0.5) is 0 Å². The summed E-state index contributed by atoms with van der Waals surface area (Å²) in [5, 5.41) is 4.10. The van der Waals surface area contributed by atoms with Gasteiger partial charge in [0.25, 0.3) is 0 Å². The number of sulfonamides is 1. The Bertz CT molecular complexity index is 1170. The van der Waals surface area contributed by atoms with Crippen LogP contribution in [0.15, 0.2) is 64.0 Å². The van der Waals surface area contributed by atoms with Crippen LogP contribution in [0.2, 0.25) is 0 Å². The molecule has 7 nitrogen and oxygen atoms in total. The number of carbonyl (C=O) groups excluding carboxylic acids is 1. The molecule has 32 heavy (non-hydrogen) atoms. The van der Waals surface area contributed by atoms with E-state index >= 15 is 0 Å². The standard InChI is InChI=1S/C24H29N3O4S/c1-18-12-13-22(15-19(18)2)32(29,30)27(4)17-24(28)26(3)14-8-11-21-16-23(25-31-21)20-9-6-5-7-10-20/h5-7,9-10,12-13,15-16H,8,11,14,17H2,1-4H3. The number of rotatable bonds is 9. The predicted octanol–water partition coefficient (Wildman–Crippen LogP) is 3.67. The molecule has 0 N–H and O–H groups in total. The fourth-order valence-corrected chi connectivity index (χ4v) is 4.45. The first-order valence-corrected chi connectivity index (χ1v) is 11.9.